The lowest BCUT2D eigenvalue weighted by Crippen LogP contribution is -2.25. The smallest absolute Gasteiger partial charge is 0.123 e. The predicted octanol–water partition coefficient (Wildman–Crippen LogP) is 1.35. The molecule has 94 valence electrons. The molecule has 1 aromatic carbocycles. The Hall–Kier alpha value is -1.44. The molecule has 0 radical (unpaired) electrons. The van der Waals surface area contributed by atoms with Gasteiger partial charge in [0.05, 0.1) is 11.6 Å². The summed E-state index contributed by atoms with van der Waals surface area (Å²) in [7, 11) is 0. The van der Waals surface area contributed by atoms with Crippen LogP contribution in [0.2, 0.25) is 0 Å². The molecule has 0 spiro atoms. The van der Waals surface area contributed by atoms with Crippen LogP contribution in [-0.4, -0.2) is 31.1 Å². The Kier molecular flexibility index (Phi) is 3.02. The summed E-state index contributed by atoms with van der Waals surface area (Å²) in [6.07, 6.45) is 0. The molecule has 0 aromatic heterocycles. The highest BCUT2D eigenvalue weighted by Crippen LogP contribution is 2.28. The zero-order chi connectivity index (χ0) is 12.5. The van der Waals surface area contributed by atoms with Crippen LogP contribution in [0.1, 0.15) is 11.1 Å². The van der Waals surface area contributed by atoms with Crippen molar-refractivity contribution in [1.82, 2.24) is 10.2 Å². The molecule has 2 aliphatic heterocycles. The second-order valence-corrected chi connectivity index (χ2v) is 5.29. The molecule has 3 rings (SSSR count). The summed E-state index contributed by atoms with van der Waals surface area (Å²) < 4.78 is 13.3. The van der Waals surface area contributed by atoms with Gasteiger partial charge in [0.2, 0.25) is 0 Å². The molecule has 0 amide bonds. The Bertz CT molecular complexity index is 482. The van der Waals surface area contributed by atoms with Gasteiger partial charge in [-0.05, 0) is 48.7 Å². The van der Waals surface area contributed by atoms with Crippen LogP contribution in [0.3, 0.4) is 0 Å². The predicted molar refractivity (Wildman–Crippen MR) is 66.2 cm³/mol. The van der Waals surface area contributed by atoms with Crippen molar-refractivity contribution in [2.75, 3.05) is 26.2 Å². The Balaban J connectivity index is 1.74. The summed E-state index contributed by atoms with van der Waals surface area (Å²) in [6, 6.07) is 6.56. The highest BCUT2D eigenvalue weighted by Gasteiger charge is 2.35. The first-order chi connectivity index (χ1) is 8.76. The molecule has 2 heterocycles. The molecule has 0 saturated carbocycles. The normalized spacial score (nSPS) is 27.1. The topological polar surface area (TPSA) is 39.1 Å². The van der Waals surface area contributed by atoms with E-state index in [0.29, 0.717) is 12.1 Å². The molecule has 1 N–H and O–H groups in total. The van der Waals surface area contributed by atoms with Crippen molar-refractivity contribution in [3.05, 3.63) is 35.1 Å². The Labute approximate surface area is 106 Å². The van der Waals surface area contributed by atoms with Gasteiger partial charge in [-0.15, -0.1) is 0 Å². The molecular weight excluding hydrogens is 229 g/mol. The minimum absolute atomic E-state index is 0.259. The maximum Gasteiger partial charge on any atom is 0.123 e. The highest BCUT2D eigenvalue weighted by atomic mass is 19.1. The summed E-state index contributed by atoms with van der Waals surface area (Å²) in [5.41, 5.74) is 1.40. The van der Waals surface area contributed by atoms with E-state index < -0.39 is 0 Å². The third kappa shape index (κ3) is 2.12. The van der Waals surface area contributed by atoms with Crippen LogP contribution in [0.5, 0.6) is 0 Å². The molecule has 2 saturated heterocycles. The molecule has 2 fully saturated rings. The second-order valence-electron chi connectivity index (χ2n) is 5.29. The van der Waals surface area contributed by atoms with E-state index in [1.807, 2.05) is 0 Å². The van der Waals surface area contributed by atoms with Crippen molar-refractivity contribution < 1.29 is 4.39 Å². The average Bonchev–Trinajstić information content (AvgIpc) is 2.90. The number of fused-ring (bicyclic) bond motifs is 1. The van der Waals surface area contributed by atoms with Crippen LogP contribution in [0.25, 0.3) is 0 Å². The van der Waals surface area contributed by atoms with Crippen molar-refractivity contribution in [3.63, 3.8) is 0 Å². The largest absolute Gasteiger partial charge is 0.316 e. The first-order valence-electron chi connectivity index (χ1n) is 6.38. The lowest BCUT2D eigenvalue weighted by Gasteiger charge is -2.17. The minimum atomic E-state index is -0.259. The van der Waals surface area contributed by atoms with Crippen LogP contribution >= 0.6 is 0 Å². The molecule has 18 heavy (non-hydrogen) atoms. The number of nitrogens with zero attached hydrogens (tertiary/aromatic N) is 2. The summed E-state index contributed by atoms with van der Waals surface area (Å²) in [5, 5.41) is 12.4. The maximum atomic E-state index is 13.3. The molecule has 1 aromatic rings. The molecule has 0 bridgehead atoms. The zero-order valence-electron chi connectivity index (χ0n) is 10.2. The van der Waals surface area contributed by atoms with Gasteiger partial charge in [0.15, 0.2) is 0 Å². The number of rotatable bonds is 2. The van der Waals surface area contributed by atoms with Crippen molar-refractivity contribution in [1.29, 1.82) is 5.26 Å². The first kappa shape index (κ1) is 11.6. The van der Waals surface area contributed by atoms with Gasteiger partial charge in [-0.25, -0.2) is 4.39 Å². The average molecular weight is 245 g/mol. The van der Waals surface area contributed by atoms with Crippen LogP contribution in [0.15, 0.2) is 18.2 Å². The van der Waals surface area contributed by atoms with E-state index in [-0.39, 0.29) is 5.82 Å². The Morgan fingerprint density at radius 2 is 2.06 bits per heavy atom. The summed E-state index contributed by atoms with van der Waals surface area (Å²) in [6.45, 7) is 4.98. The molecule has 0 aliphatic carbocycles. The third-order valence-corrected chi connectivity index (χ3v) is 4.05. The van der Waals surface area contributed by atoms with Crippen LogP contribution < -0.4 is 5.32 Å². The third-order valence-electron chi connectivity index (χ3n) is 4.05. The van der Waals surface area contributed by atoms with Gasteiger partial charge in [0.1, 0.15) is 5.82 Å². The van der Waals surface area contributed by atoms with E-state index in [9.17, 15) is 4.39 Å². The lowest BCUT2D eigenvalue weighted by atomic mass is 10.0. The standard InChI is InChI=1S/C14H16FN3/c15-14-2-1-10(4-16)11(3-14)7-18-8-12-5-17-6-13(12)9-18/h1-3,12-13,17H,5-9H2/t12-,13+. The summed E-state index contributed by atoms with van der Waals surface area (Å²) in [4.78, 5) is 2.34. The quantitative estimate of drug-likeness (QED) is 0.855. The number of nitriles is 1. The van der Waals surface area contributed by atoms with Crippen molar-refractivity contribution in [2.24, 2.45) is 11.8 Å². The molecule has 2 atom stereocenters. The highest BCUT2D eigenvalue weighted by molar-refractivity contribution is 5.37. The van der Waals surface area contributed by atoms with Gasteiger partial charge in [-0.3, -0.25) is 4.90 Å². The number of nitrogens with one attached hydrogen (secondary N) is 1. The molecule has 0 unspecified atom stereocenters. The summed E-state index contributed by atoms with van der Waals surface area (Å²) >= 11 is 0. The molecule has 4 heteroatoms. The number of halogens is 1. The Morgan fingerprint density at radius 1 is 1.33 bits per heavy atom. The van der Waals surface area contributed by atoms with Crippen molar-refractivity contribution in [2.45, 2.75) is 6.54 Å². The molecular formula is C14H16FN3. The van der Waals surface area contributed by atoms with E-state index in [4.69, 9.17) is 5.26 Å². The van der Waals surface area contributed by atoms with E-state index in [1.165, 1.54) is 12.1 Å². The Morgan fingerprint density at radius 3 is 2.72 bits per heavy atom. The van der Waals surface area contributed by atoms with Gasteiger partial charge in [-0.1, -0.05) is 0 Å². The van der Waals surface area contributed by atoms with Crippen LogP contribution in [0.4, 0.5) is 4.39 Å². The van der Waals surface area contributed by atoms with Gasteiger partial charge < -0.3 is 5.32 Å². The molecule has 3 nitrogen and oxygen atoms in total. The van der Waals surface area contributed by atoms with E-state index in [0.717, 1.165) is 43.6 Å². The zero-order valence-corrected chi connectivity index (χ0v) is 10.2. The lowest BCUT2D eigenvalue weighted by molar-refractivity contribution is 0.305. The van der Waals surface area contributed by atoms with Gasteiger partial charge in [0, 0.05) is 19.6 Å². The van der Waals surface area contributed by atoms with Crippen molar-refractivity contribution in [3.8, 4) is 6.07 Å². The fraction of sp³-hybridized carbons (Fsp3) is 0.500. The van der Waals surface area contributed by atoms with Gasteiger partial charge in [0.25, 0.3) is 0 Å². The fourth-order valence-corrected chi connectivity index (χ4v) is 3.12. The van der Waals surface area contributed by atoms with E-state index in [2.05, 4.69) is 16.3 Å². The molecule has 2 aliphatic rings. The number of likely N-dealkylation sites (tertiary alicyclic amines) is 1. The first-order valence-corrected chi connectivity index (χ1v) is 6.38. The minimum Gasteiger partial charge on any atom is -0.316 e. The number of benzene rings is 1. The van der Waals surface area contributed by atoms with Gasteiger partial charge in [-0.2, -0.15) is 5.26 Å². The summed E-state index contributed by atoms with van der Waals surface area (Å²) in [5.74, 6) is 1.19. The van der Waals surface area contributed by atoms with Gasteiger partial charge >= 0.3 is 0 Å². The monoisotopic (exact) mass is 245 g/mol. The van der Waals surface area contributed by atoms with E-state index >= 15 is 0 Å². The van der Waals surface area contributed by atoms with Crippen LogP contribution in [0, 0.1) is 29.0 Å². The maximum absolute atomic E-state index is 13.3. The van der Waals surface area contributed by atoms with Crippen molar-refractivity contribution >= 4 is 0 Å². The van der Waals surface area contributed by atoms with Crippen LogP contribution in [-0.2, 0) is 6.54 Å². The SMILES string of the molecule is N#Cc1ccc(F)cc1CN1C[C@H]2CNC[C@H]2C1. The number of hydrogen-bond donors (Lipinski definition) is 1. The second kappa shape index (κ2) is 4.68. The number of hydrogen-bond acceptors (Lipinski definition) is 3. The van der Waals surface area contributed by atoms with E-state index in [1.54, 1.807) is 6.07 Å². The fourth-order valence-electron chi connectivity index (χ4n) is 3.12.